The highest BCUT2D eigenvalue weighted by Gasteiger charge is 2.35. The molecule has 0 bridgehead atoms. The molecule has 4 N–H and O–H groups in total. The molecule has 0 radical (unpaired) electrons. The van der Waals surface area contributed by atoms with Crippen LogP contribution in [-0.2, 0) is 4.79 Å². The van der Waals surface area contributed by atoms with Crippen molar-refractivity contribution in [3.8, 4) is 5.75 Å². The molecule has 1 aromatic carbocycles. The molecule has 23 heavy (non-hydrogen) atoms. The maximum absolute atomic E-state index is 12.2. The van der Waals surface area contributed by atoms with Crippen LogP contribution in [0.2, 0.25) is 0 Å². The fourth-order valence-electron chi connectivity index (χ4n) is 3.59. The Morgan fingerprint density at radius 3 is 2.83 bits per heavy atom. The fourth-order valence-corrected chi connectivity index (χ4v) is 3.59. The summed E-state index contributed by atoms with van der Waals surface area (Å²) in [5.41, 5.74) is 6.36. The lowest BCUT2D eigenvalue weighted by atomic mass is 10.1. The number of nitrogens with two attached hydrogens (primary N) is 1. The summed E-state index contributed by atoms with van der Waals surface area (Å²) in [5, 5.41) is 12.3. The first-order chi connectivity index (χ1) is 11.0. The Labute approximate surface area is 135 Å². The van der Waals surface area contributed by atoms with E-state index in [1.807, 2.05) is 4.90 Å². The average Bonchev–Trinajstić information content (AvgIpc) is 3.16. The highest BCUT2D eigenvalue weighted by atomic mass is 16.3. The number of likely N-dealkylation sites (tertiary alicyclic amines) is 1. The van der Waals surface area contributed by atoms with Crippen molar-refractivity contribution >= 4 is 17.5 Å². The number of carbonyl (C=O) groups is 2. The Balaban J connectivity index is 1.55. The lowest BCUT2D eigenvalue weighted by Gasteiger charge is -2.24. The molecule has 6 nitrogen and oxygen atoms in total. The topological polar surface area (TPSA) is 95.7 Å². The van der Waals surface area contributed by atoms with Gasteiger partial charge in [0.05, 0.1) is 5.56 Å². The predicted octanol–water partition coefficient (Wildman–Crippen LogP) is 1.50. The van der Waals surface area contributed by atoms with E-state index in [0.29, 0.717) is 24.7 Å². The summed E-state index contributed by atoms with van der Waals surface area (Å²) in [5.74, 6) is 0.0385. The smallest absolute Gasteiger partial charge is 0.253 e. The summed E-state index contributed by atoms with van der Waals surface area (Å²) in [6, 6.07) is 4.70. The van der Waals surface area contributed by atoms with Crippen molar-refractivity contribution in [3.05, 3.63) is 23.8 Å². The first-order valence-corrected chi connectivity index (χ1v) is 8.20. The summed E-state index contributed by atoms with van der Waals surface area (Å²) in [7, 11) is 0. The fraction of sp³-hybridized carbons (Fsp3) is 0.529. The number of nitrogens with zero attached hydrogens (tertiary/aromatic N) is 1. The zero-order chi connectivity index (χ0) is 16.4. The number of benzene rings is 1. The first kappa shape index (κ1) is 15.6. The largest absolute Gasteiger partial charge is 0.508 e. The standard InChI is InChI=1S/C17H23N3O3/c18-15-6-5-13(21)8-14(15)17(23)19-9-11-7-16(22)20(10-11)12-3-1-2-4-12/h5-6,8,11-12,21H,1-4,7,9-10,18H2,(H,19,23). The van der Waals surface area contributed by atoms with E-state index in [1.165, 1.54) is 31.0 Å². The minimum Gasteiger partial charge on any atom is -0.508 e. The minimum absolute atomic E-state index is 0.00722. The van der Waals surface area contributed by atoms with Crippen molar-refractivity contribution in [2.75, 3.05) is 18.8 Å². The molecule has 124 valence electrons. The van der Waals surface area contributed by atoms with Crippen molar-refractivity contribution in [1.29, 1.82) is 0 Å². The van der Waals surface area contributed by atoms with Crippen LogP contribution in [0.15, 0.2) is 18.2 Å². The lowest BCUT2D eigenvalue weighted by Crippen LogP contribution is -2.36. The Kier molecular flexibility index (Phi) is 4.41. The summed E-state index contributed by atoms with van der Waals surface area (Å²) in [6.45, 7) is 1.17. The maximum atomic E-state index is 12.2. The molecular formula is C17H23N3O3. The molecule has 6 heteroatoms. The average molecular weight is 317 g/mol. The van der Waals surface area contributed by atoms with Crippen LogP contribution < -0.4 is 11.1 Å². The van der Waals surface area contributed by atoms with Gasteiger partial charge < -0.3 is 21.1 Å². The van der Waals surface area contributed by atoms with Gasteiger partial charge in [0, 0.05) is 37.2 Å². The molecule has 1 aliphatic carbocycles. The van der Waals surface area contributed by atoms with Crippen LogP contribution in [0.1, 0.15) is 42.5 Å². The molecule has 2 fully saturated rings. The molecule has 1 atom stereocenters. The van der Waals surface area contributed by atoms with Crippen molar-refractivity contribution in [1.82, 2.24) is 10.2 Å². The van der Waals surface area contributed by atoms with Gasteiger partial charge in [-0.3, -0.25) is 9.59 Å². The number of anilines is 1. The number of phenols is 1. The van der Waals surface area contributed by atoms with Crippen molar-refractivity contribution in [3.63, 3.8) is 0 Å². The number of amides is 2. The SMILES string of the molecule is Nc1ccc(O)cc1C(=O)NCC1CC(=O)N(C2CCCC2)C1. The molecule has 1 aliphatic heterocycles. The molecule has 1 saturated carbocycles. The van der Waals surface area contributed by atoms with E-state index in [2.05, 4.69) is 5.32 Å². The molecule has 0 aromatic heterocycles. The number of carbonyl (C=O) groups excluding carboxylic acids is 2. The van der Waals surface area contributed by atoms with Gasteiger partial charge in [-0.25, -0.2) is 0 Å². The number of phenolic OH excluding ortho intramolecular Hbond substituents is 1. The lowest BCUT2D eigenvalue weighted by molar-refractivity contribution is -0.129. The number of hydrogen-bond acceptors (Lipinski definition) is 4. The van der Waals surface area contributed by atoms with Gasteiger partial charge in [-0.15, -0.1) is 0 Å². The van der Waals surface area contributed by atoms with Gasteiger partial charge in [0.1, 0.15) is 5.75 Å². The Hall–Kier alpha value is -2.24. The van der Waals surface area contributed by atoms with Crippen molar-refractivity contribution in [2.24, 2.45) is 5.92 Å². The maximum Gasteiger partial charge on any atom is 0.253 e. The highest BCUT2D eigenvalue weighted by Crippen LogP contribution is 2.29. The van der Waals surface area contributed by atoms with Gasteiger partial charge in [-0.2, -0.15) is 0 Å². The minimum atomic E-state index is -0.315. The van der Waals surface area contributed by atoms with Gasteiger partial charge in [0.15, 0.2) is 0 Å². The van der Waals surface area contributed by atoms with E-state index in [1.54, 1.807) is 0 Å². The molecule has 3 rings (SSSR count). The summed E-state index contributed by atoms with van der Waals surface area (Å²) < 4.78 is 0. The van der Waals surface area contributed by atoms with E-state index >= 15 is 0 Å². The van der Waals surface area contributed by atoms with E-state index in [-0.39, 0.29) is 29.0 Å². The van der Waals surface area contributed by atoms with Gasteiger partial charge in [0.2, 0.25) is 5.91 Å². The quantitative estimate of drug-likeness (QED) is 0.579. The van der Waals surface area contributed by atoms with Crippen molar-refractivity contribution in [2.45, 2.75) is 38.1 Å². The zero-order valence-electron chi connectivity index (χ0n) is 13.1. The third-order valence-corrected chi connectivity index (χ3v) is 4.84. The van der Waals surface area contributed by atoms with E-state index in [0.717, 1.165) is 19.4 Å². The van der Waals surface area contributed by atoms with E-state index in [9.17, 15) is 14.7 Å². The number of nitrogens with one attached hydrogen (secondary N) is 1. The molecule has 1 heterocycles. The highest BCUT2D eigenvalue weighted by molar-refractivity contribution is 5.99. The van der Waals surface area contributed by atoms with Gasteiger partial charge in [0.25, 0.3) is 5.91 Å². The summed E-state index contributed by atoms with van der Waals surface area (Å²) in [4.78, 5) is 26.3. The van der Waals surface area contributed by atoms with Gasteiger partial charge >= 0.3 is 0 Å². The third kappa shape index (κ3) is 3.41. The Morgan fingerprint density at radius 1 is 1.35 bits per heavy atom. The van der Waals surface area contributed by atoms with Crippen LogP contribution in [0.25, 0.3) is 0 Å². The second kappa shape index (κ2) is 6.48. The van der Waals surface area contributed by atoms with Crippen LogP contribution in [0.3, 0.4) is 0 Å². The molecule has 1 saturated heterocycles. The molecular weight excluding hydrogens is 294 g/mol. The summed E-state index contributed by atoms with van der Waals surface area (Å²) in [6.07, 6.45) is 5.10. The Morgan fingerprint density at radius 2 is 2.09 bits per heavy atom. The zero-order valence-corrected chi connectivity index (χ0v) is 13.1. The van der Waals surface area contributed by atoms with Crippen LogP contribution >= 0.6 is 0 Å². The van der Waals surface area contributed by atoms with Gasteiger partial charge in [-0.05, 0) is 31.0 Å². The molecule has 2 amide bonds. The number of hydrogen-bond donors (Lipinski definition) is 3. The normalized spacial score (nSPS) is 21.8. The van der Waals surface area contributed by atoms with Crippen LogP contribution in [-0.4, -0.2) is 41.0 Å². The third-order valence-electron chi connectivity index (χ3n) is 4.84. The van der Waals surface area contributed by atoms with Crippen LogP contribution in [0.4, 0.5) is 5.69 Å². The number of nitrogen functional groups attached to an aromatic ring is 1. The molecule has 1 aromatic rings. The monoisotopic (exact) mass is 317 g/mol. The van der Waals surface area contributed by atoms with E-state index in [4.69, 9.17) is 5.73 Å². The molecule has 2 aliphatic rings. The molecule has 0 spiro atoms. The number of rotatable bonds is 4. The second-order valence-corrected chi connectivity index (χ2v) is 6.54. The van der Waals surface area contributed by atoms with Crippen molar-refractivity contribution < 1.29 is 14.7 Å². The van der Waals surface area contributed by atoms with E-state index < -0.39 is 0 Å². The summed E-state index contributed by atoms with van der Waals surface area (Å²) >= 11 is 0. The second-order valence-electron chi connectivity index (χ2n) is 6.54. The van der Waals surface area contributed by atoms with Crippen LogP contribution in [0.5, 0.6) is 5.75 Å². The Bertz CT molecular complexity index is 611. The van der Waals surface area contributed by atoms with Crippen LogP contribution in [0, 0.1) is 5.92 Å². The predicted molar refractivity (Wildman–Crippen MR) is 86.9 cm³/mol. The molecule has 1 unspecified atom stereocenters. The van der Waals surface area contributed by atoms with Gasteiger partial charge in [-0.1, -0.05) is 12.8 Å². The number of aromatic hydroxyl groups is 1. The first-order valence-electron chi connectivity index (χ1n) is 8.20.